The van der Waals surface area contributed by atoms with Crippen molar-refractivity contribution < 1.29 is 9.53 Å². The van der Waals surface area contributed by atoms with Crippen LogP contribution in [0.4, 0.5) is 0 Å². The standard InChI is InChI=1S/C14H25NO2S/c1-10(2)12(15)13(16)11-3-6-17-14(9-11)4-7-18-8-5-14/h10-12H,3-9,15H2,1-2H3. The summed E-state index contributed by atoms with van der Waals surface area (Å²) >= 11 is 1.99. The first-order valence-corrected chi connectivity index (χ1v) is 8.20. The molecule has 3 nitrogen and oxygen atoms in total. The van der Waals surface area contributed by atoms with Crippen LogP contribution in [0, 0.1) is 11.8 Å². The van der Waals surface area contributed by atoms with Crippen molar-refractivity contribution in [2.24, 2.45) is 17.6 Å². The Morgan fingerprint density at radius 1 is 1.39 bits per heavy atom. The summed E-state index contributed by atoms with van der Waals surface area (Å²) in [5.74, 6) is 2.94. The van der Waals surface area contributed by atoms with Gasteiger partial charge in [0.25, 0.3) is 0 Å². The maximum Gasteiger partial charge on any atom is 0.153 e. The molecule has 2 fully saturated rings. The van der Waals surface area contributed by atoms with Gasteiger partial charge in [0.05, 0.1) is 11.6 Å². The molecule has 2 aliphatic rings. The topological polar surface area (TPSA) is 52.3 Å². The van der Waals surface area contributed by atoms with Gasteiger partial charge in [-0.2, -0.15) is 11.8 Å². The zero-order valence-electron chi connectivity index (χ0n) is 11.5. The minimum absolute atomic E-state index is 0.0134. The van der Waals surface area contributed by atoms with Gasteiger partial charge in [-0.05, 0) is 43.1 Å². The van der Waals surface area contributed by atoms with E-state index >= 15 is 0 Å². The number of ether oxygens (including phenoxy) is 1. The predicted octanol–water partition coefficient (Wildman–Crippen LogP) is 2.23. The van der Waals surface area contributed by atoms with Crippen molar-refractivity contribution in [3.63, 3.8) is 0 Å². The molecule has 0 radical (unpaired) electrons. The van der Waals surface area contributed by atoms with Crippen LogP contribution in [-0.2, 0) is 9.53 Å². The van der Waals surface area contributed by atoms with E-state index < -0.39 is 0 Å². The molecule has 18 heavy (non-hydrogen) atoms. The summed E-state index contributed by atoms with van der Waals surface area (Å²) in [7, 11) is 0. The molecule has 2 unspecified atom stereocenters. The smallest absolute Gasteiger partial charge is 0.153 e. The van der Waals surface area contributed by atoms with E-state index in [4.69, 9.17) is 10.5 Å². The molecule has 1 spiro atoms. The quantitative estimate of drug-likeness (QED) is 0.855. The average Bonchev–Trinajstić information content (AvgIpc) is 2.38. The molecule has 2 atom stereocenters. The highest BCUT2D eigenvalue weighted by atomic mass is 32.2. The summed E-state index contributed by atoms with van der Waals surface area (Å²) in [6.45, 7) is 4.77. The van der Waals surface area contributed by atoms with Crippen molar-refractivity contribution in [3.05, 3.63) is 0 Å². The molecular formula is C14H25NO2S. The van der Waals surface area contributed by atoms with E-state index in [9.17, 15) is 4.79 Å². The minimum atomic E-state index is -0.303. The van der Waals surface area contributed by atoms with E-state index in [1.165, 1.54) is 0 Å². The summed E-state index contributed by atoms with van der Waals surface area (Å²) in [5.41, 5.74) is 6.00. The molecule has 0 amide bonds. The largest absolute Gasteiger partial charge is 0.375 e. The lowest BCUT2D eigenvalue weighted by Crippen LogP contribution is -2.48. The van der Waals surface area contributed by atoms with Crippen molar-refractivity contribution in [2.45, 2.75) is 51.2 Å². The lowest BCUT2D eigenvalue weighted by atomic mass is 9.77. The van der Waals surface area contributed by atoms with E-state index in [-0.39, 0.29) is 29.3 Å². The number of Topliss-reactive ketones (excluding diaryl/α,β-unsaturated/α-hetero) is 1. The van der Waals surface area contributed by atoms with Crippen LogP contribution in [0.3, 0.4) is 0 Å². The van der Waals surface area contributed by atoms with Crippen molar-refractivity contribution in [2.75, 3.05) is 18.1 Å². The molecule has 4 heteroatoms. The van der Waals surface area contributed by atoms with Crippen LogP contribution in [0.15, 0.2) is 0 Å². The Balaban J connectivity index is 1.99. The van der Waals surface area contributed by atoms with Gasteiger partial charge in [-0.25, -0.2) is 0 Å². The Morgan fingerprint density at radius 2 is 2.06 bits per heavy atom. The lowest BCUT2D eigenvalue weighted by molar-refractivity contribution is -0.140. The Hall–Kier alpha value is -0.0600. The first-order chi connectivity index (χ1) is 8.54. The van der Waals surface area contributed by atoms with Gasteiger partial charge in [-0.1, -0.05) is 13.8 Å². The third-order valence-electron chi connectivity index (χ3n) is 4.35. The van der Waals surface area contributed by atoms with Crippen molar-refractivity contribution in [3.8, 4) is 0 Å². The molecule has 104 valence electrons. The third kappa shape index (κ3) is 3.09. The number of rotatable bonds is 3. The number of ketones is 1. The number of nitrogens with two attached hydrogens (primary N) is 1. The van der Waals surface area contributed by atoms with E-state index in [0.29, 0.717) is 0 Å². The molecule has 2 heterocycles. The predicted molar refractivity (Wildman–Crippen MR) is 75.8 cm³/mol. The number of thioether (sulfide) groups is 1. The van der Waals surface area contributed by atoms with Crippen LogP contribution in [0.5, 0.6) is 0 Å². The molecule has 0 aromatic rings. The molecule has 2 rings (SSSR count). The zero-order chi connectivity index (χ0) is 13.2. The van der Waals surface area contributed by atoms with Gasteiger partial charge in [0.1, 0.15) is 0 Å². The molecule has 2 aliphatic heterocycles. The summed E-state index contributed by atoms with van der Waals surface area (Å²) in [6.07, 6.45) is 3.94. The van der Waals surface area contributed by atoms with Crippen molar-refractivity contribution in [1.29, 1.82) is 0 Å². The Morgan fingerprint density at radius 3 is 2.67 bits per heavy atom. The van der Waals surface area contributed by atoms with Gasteiger partial charge in [0.15, 0.2) is 5.78 Å². The van der Waals surface area contributed by atoms with Gasteiger partial charge >= 0.3 is 0 Å². The summed E-state index contributed by atoms with van der Waals surface area (Å²) in [6, 6.07) is -0.303. The van der Waals surface area contributed by atoms with Gasteiger partial charge in [-0.15, -0.1) is 0 Å². The fourth-order valence-corrected chi connectivity index (χ4v) is 4.20. The molecule has 0 aromatic carbocycles. The third-order valence-corrected chi connectivity index (χ3v) is 5.33. The Bertz CT molecular complexity index is 295. The highest BCUT2D eigenvalue weighted by molar-refractivity contribution is 7.99. The van der Waals surface area contributed by atoms with Gasteiger partial charge in [-0.3, -0.25) is 4.79 Å². The molecule has 2 N–H and O–H groups in total. The monoisotopic (exact) mass is 271 g/mol. The maximum atomic E-state index is 12.4. The van der Waals surface area contributed by atoms with Crippen LogP contribution in [0.2, 0.25) is 0 Å². The first kappa shape index (κ1) is 14.4. The summed E-state index contributed by atoms with van der Waals surface area (Å²) < 4.78 is 6.02. The average molecular weight is 271 g/mol. The van der Waals surface area contributed by atoms with E-state index in [1.807, 2.05) is 25.6 Å². The number of carbonyl (C=O) groups excluding carboxylic acids is 1. The van der Waals surface area contributed by atoms with Gasteiger partial charge in [0, 0.05) is 12.5 Å². The number of hydrogen-bond donors (Lipinski definition) is 1. The summed E-state index contributed by atoms with van der Waals surface area (Å²) in [5, 5.41) is 0. The second-order valence-corrected chi connectivity index (χ2v) is 7.23. The normalized spacial score (nSPS) is 29.4. The molecule has 0 aromatic heterocycles. The van der Waals surface area contributed by atoms with Crippen molar-refractivity contribution >= 4 is 17.5 Å². The van der Waals surface area contributed by atoms with Crippen LogP contribution >= 0.6 is 11.8 Å². The maximum absolute atomic E-state index is 12.4. The second kappa shape index (κ2) is 5.93. The SMILES string of the molecule is CC(C)C(N)C(=O)C1CCOC2(CCSCC2)C1. The molecule has 0 bridgehead atoms. The minimum Gasteiger partial charge on any atom is -0.375 e. The molecular weight excluding hydrogens is 246 g/mol. The van der Waals surface area contributed by atoms with E-state index in [1.54, 1.807) is 0 Å². The van der Waals surface area contributed by atoms with Crippen LogP contribution in [-0.4, -0.2) is 35.5 Å². The first-order valence-electron chi connectivity index (χ1n) is 7.05. The highest BCUT2D eigenvalue weighted by Gasteiger charge is 2.41. The fourth-order valence-electron chi connectivity index (χ4n) is 2.96. The number of carbonyl (C=O) groups is 1. The summed E-state index contributed by atoms with van der Waals surface area (Å²) in [4.78, 5) is 12.4. The Kier molecular flexibility index (Phi) is 4.73. The van der Waals surface area contributed by atoms with Crippen LogP contribution < -0.4 is 5.73 Å². The van der Waals surface area contributed by atoms with Crippen molar-refractivity contribution in [1.82, 2.24) is 0 Å². The van der Waals surface area contributed by atoms with E-state index in [2.05, 4.69) is 0 Å². The van der Waals surface area contributed by atoms with Gasteiger partial charge < -0.3 is 10.5 Å². The second-order valence-electron chi connectivity index (χ2n) is 6.01. The highest BCUT2D eigenvalue weighted by Crippen LogP contribution is 2.40. The lowest BCUT2D eigenvalue weighted by Gasteiger charge is -2.43. The Labute approximate surface area is 114 Å². The van der Waals surface area contributed by atoms with Crippen LogP contribution in [0.25, 0.3) is 0 Å². The molecule has 0 saturated carbocycles. The molecule has 2 saturated heterocycles. The van der Waals surface area contributed by atoms with Crippen LogP contribution in [0.1, 0.15) is 39.5 Å². The fraction of sp³-hybridized carbons (Fsp3) is 0.929. The van der Waals surface area contributed by atoms with Gasteiger partial charge in [0.2, 0.25) is 0 Å². The van der Waals surface area contributed by atoms with E-state index in [0.717, 1.165) is 43.8 Å². The molecule has 0 aliphatic carbocycles. The zero-order valence-corrected chi connectivity index (χ0v) is 12.3. The number of hydrogen-bond acceptors (Lipinski definition) is 4.